The normalized spacial score (nSPS) is 10.7. The molecule has 0 unspecified atom stereocenters. The molecule has 0 saturated heterocycles. The Bertz CT molecular complexity index is 763. The number of nitrogens with one attached hydrogen (secondary N) is 1. The summed E-state index contributed by atoms with van der Waals surface area (Å²) in [5, 5.41) is 13.5. The summed E-state index contributed by atoms with van der Waals surface area (Å²) in [4.78, 5) is 24.2. The molecule has 0 atom stereocenters. The van der Waals surface area contributed by atoms with E-state index in [1.165, 1.54) is 23.8 Å². The van der Waals surface area contributed by atoms with Gasteiger partial charge >= 0.3 is 0 Å². The van der Waals surface area contributed by atoms with Gasteiger partial charge in [-0.3, -0.25) is 19.8 Å². The molecule has 0 aliphatic heterocycles. The zero-order chi connectivity index (χ0) is 18.4. The van der Waals surface area contributed by atoms with E-state index in [1.54, 1.807) is 0 Å². The van der Waals surface area contributed by atoms with Crippen LogP contribution in [-0.4, -0.2) is 29.3 Å². The molecule has 132 valence electrons. The van der Waals surface area contributed by atoms with E-state index in [0.29, 0.717) is 12.2 Å². The highest BCUT2D eigenvalue weighted by molar-refractivity contribution is 6.34. The van der Waals surface area contributed by atoms with Crippen LogP contribution < -0.4 is 5.32 Å². The number of aryl methyl sites for hydroxylation is 1. The highest BCUT2D eigenvalue weighted by atomic mass is 35.5. The minimum absolute atomic E-state index is 0.115. The van der Waals surface area contributed by atoms with E-state index in [0.717, 1.165) is 12.0 Å². The van der Waals surface area contributed by atoms with Crippen LogP contribution in [0.2, 0.25) is 5.02 Å². The van der Waals surface area contributed by atoms with Crippen LogP contribution in [0, 0.1) is 10.1 Å². The lowest BCUT2D eigenvalue weighted by molar-refractivity contribution is -0.384. The monoisotopic (exact) mass is 361 g/mol. The number of hydrogen-bond acceptors (Lipinski definition) is 4. The van der Waals surface area contributed by atoms with E-state index in [2.05, 4.69) is 36.5 Å². The second-order valence-electron chi connectivity index (χ2n) is 5.81. The molecule has 0 radical (unpaired) electrons. The van der Waals surface area contributed by atoms with Gasteiger partial charge in [0.25, 0.3) is 5.69 Å². The third-order valence-electron chi connectivity index (χ3n) is 3.73. The quantitative estimate of drug-likeness (QED) is 0.599. The lowest BCUT2D eigenvalue weighted by atomic mass is 10.1. The van der Waals surface area contributed by atoms with E-state index < -0.39 is 4.92 Å². The van der Waals surface area contributed by atoms with Gasteiger partial charge in [0.1, 0.15) is 0 Å². The second-order valence-corrected chi connectivity index (χ2v) is 6.22. The summed E-state index contributed by atoms with van der Waals surface area (Å²) >= 11 is 5.98. The number of hydrogen-bond donors (Lipinski definition) is 1. The zero-order valence-corrected chi connectivity index (χ0v) is 14.9. The lowest BCUT2D eigenvalue weighted by Crippen LogP contribution is -2.29. The van der Waals surface area contributed by atoms with E-state index in [4.69, 9.17) is 11.6 Å². The van der Waals surface area contributed by atoms with Crippen molar-refractivity contribution in [3.8, 4) is 0 Å². The van der Waals surface area contributed by atoms with Crippen LogP contribution in [0.4, 0.5) is 11.4 Å². The van der Waals surface area contributed by atoms with Gasteiger partial charge in [-0.25, -0.2) is 0 Å². The number of anilines is 1. The molecular formula is C18H20ClN3O3. The molecule has 6 nitrogen and oxygen atoms in total. The number of carbonyl (C=O) groups excluding carboxylic acids is 1. The molecule has 1 N–H and O–H groups in total. The van der Waals surface area contributed by atoms with Gasteiger partial charge in [-0.15, -0.1) is 0 Å². The molecule has 0 fully saturated rings. The van der Waals surface area contributed by atoms with E-state index in [-0.39, 0.29) is 23.2 Å². The summed E-state index contributed by atoms with van der Waals surface area (Å²) in [5.74, 6) is -0.233. The first kappa shape index (κ1) is 18.9. The van der Waals surface area contributed by atoms with Crippen molar-refractivity contribution in [1.29, 1.82) is 0 Å². The highest BCUT2D eigenvalue weighted by Crippen LogP contribution is 2.26. The molecule has 0 heterocycles. The highest BCUT2D eigenvalue weighted by Gasteiger charge is 2.13. The molecule has 2 aromatic rings. The van der Waals surface area contributed by atoms with Gasteiger partial charge in [0.15, 0.2) is 0 Å². The maximum Gasteiger partial charge on any atom is 0.271 e. The van der Waals surface area contributed by atoms with Crippen LogP contribution in [0.1, 0.15) is 18.1 Å². The van der Waals surface area contributed by atoms with Gasteiger partial charge in [0.2, 0.25) is 5.91 Å². The minimum Gasteiger partial charge on any atom is -0.324 e. The van der Waals surface area contributed by atoms with E-state index in [1.807, 2.05) is 11.9 Å². The molecule has 2 rings (SSSR count). The number of nitro benzene ring substituents is 1. The Morgan fingerprint density at radius 2 is 1.84 bits per heavy atom. The first-order chi connectivity index (χ1) is 11.9. The van der Waals surface area contributed by atoms with E-state index in [9.17, 15) is 14.9 Å². The van der Waals surface area contributed by atoms with Gasteiger partial charge in [-0.1, -0.05) is 42.8 Å². The van der Waals surface area contributed by atoms with Crippen molar-refractivity contribution in [1.82, 2.24) is 4.90 Å². The Balaban J connectivity index is 1.91. The summed E-state index contributed by atoms with van der Waals surface area (Å²) < 4.78 is 0. The summed E-state index contributed by atoms with van der Waals surface area (Å²) in [7, 11) is 1.85. The summed E-state index contributed by atoms with van der Waals surface area (Å²) in [6, 6.07) is 12.2. The van der Waals surface area contributed by atoms with Crippen LogP contribution >= 0.6 is 11.6 Å². The minimum atomic E-state index is -0.533. The van der Waals surface area contributed by atoms with Crippen LogP contribution in [-0.2, 0) is 17.8 Å². The largest absolute Gasteiger partial charge is 0.324 e. The number of rotatable bonds is 7. The van der Waals surface area contributed by atoms with Crippen molar-refractivity contribution in [3.63, 3.8) is 0 Å². The molecule has 0 bridgehead atoms. The van der Waals surface area contributed by atoms with Crippen molar-refractivity contribution >= 4 is 28.9 Å². The molecule has 0 aromatic heterocycles. The molecule has 0 aliphatic rings. The lowest BCUT2D eigenvalue weighted by Gasteiger charge is -2.17. The van der Waals surface area contributed by atoms with Gasteiger partial charge in [-0.05, 0) is 30.7 Å². The molecule has 0 saturated carbocycles. The third-order valence-corrected chi connectivity index (χ3v) is 4.05. The third kappa shape index (κ3) is 5.55. The summed E-state index contributed by atoms with van der Waals surface area (Å²) in [6.45, 7) is 2.93. The molecule has 2 aromatic carbocycles. The zero-order valence-electron chi connectivity index (χ0n) is 14.2. The predicted octanol–water partition coefficient (Wildman–Crippen LogP) is 3.88. The number of benzene rings is 2. The van der Waals surface area contributed by atoms with Gasteiger partial charge in [-0.2, -0.15) is 0 Å². The smallest absolute Gasteiger partial charge is 0.271 e. The first-order valence-corrected chi connectivity index (χ1v) is 8.27. The molecule has 7 heteroatoms. The maximum absolute atomic E-state index is 12.1. The Hall–Kier alpha value is -2.44. The van der Waals surface area contributed by atoms with Gasteiger partial charge in [0.05, 0.1) is 22.2 Å². The number of nitro groups is 1. The molecule has 0 spiro atoms. The number of amides is 1. The van der Waals surface area contributed by atoms with Crippen molar-refractivity contribution in [2.45, 2.75) is 19.9 Å². The summed E-state index contributed by atoms with van der Waals surface area (Å²) in [5.41, 5.74) is 2.64. The number of carbonyl (C=O) groups is 1. The van der Waals surface area contributed by atoms with Crippen molar-refractivity contribution in [2.75, 3.05) is 18.9 Å². The standard InChI is InChI=1S/C18H20ClN3O3/c1-3-13-4-6-14(7-5-13)11-21(2)12-18(23)20-17-9-8-15(22(24)25)10-16(17)19/h4-10H,3,11-12H2,1-2H3,(H,20,23). The Morgan fingerprint density at radius 3 is 2.40 bits per heavy atom. The number of halogens is 1. The average molecular weight is 362 g/mol. The SMILES string of the molecule is CCc1ccc(CN(C)CC(=O)Nc2ccc([N+](=O)[O-])cc2Cl)cc1. The molecule has 1 amide bonds. The fourth-order valence-electron chi connectivity index (χ4n) is 2.40. The fourth-order valence-corrected chi connectivity index (χ4v) is 2.62. The Morgan fingerprint density at radius 1 is 1.20 bits per heavy atom. The van der Waals surface area contributed by atoms with Crippen molar-refractivity contribution in [3.05, 3.63) is 68.7 Å². The van der Waals surface area contributed by atoms with Crippen LogP contribution in [0.3, 0.4) is 0 Å². The Labute approximate surface area is 151 Å². The fraction of sp³-hybridized carbons (Fsp3) is 0.278. The van der Waals surface area contributed by atoms with Crippen molar-refractivity contribution in [2.24, 2.45) is 0 Å². The summed E-state index contributed by atoms with van der Waals surface area (Å²) in [6.07, 6.45) is 0.995. The van der Waals surface area contributed by atoms with E-state index >= 15 is 0 Å². The van der Waals surface area contributed by atoms with Crippen LogP contribution in [0.5, 0.6) is 0 Å². The molecule has 0 aliphatic carbocycles. The second kappa shape index (κ2) is 8.60. The average Bonchev–Trinajstić information content (AvgIpc) is 2.57. The number of nitrogens with zero attached hydrogens (tertiary/aromatic N) is 2. The molecular weight excluding hydrogens is 342 g/mol. The predicted molar refractivity (Wildman–Crippen MR) is 98.9 cm³/mol. The Kier molecular flexibility index (Phi) is 6.50. The van der Waals surface area contributed by atoms with Crippen LogP contribution in [0.25, 0.3) is 0 Å². The van der Waals surface area contributed by atoms with Crippen LogP contribution in [0.15, 0.2) is 42.5 Å². The molecule has 25 heavy (non-hydrogen) atoms. The van der Waals surface area contributed by atoms with Crippen molar-refractivity contribution < 1.29 is 9.72 Å². The maximum atomic E-state index is 12.1. The number of non-ortho nitro benzene ring substituents is 1. The topological polar surface area (TPSA) is 75.5 Å². The van der Waals surface area contributed by atoms with Gasteiger partial charge in [0, 0.05) is 18.7 Å². The van der Waals surface area contributed by atoms with Gasteiger partial charge < -0.3 is 5.32 Å². The first-order valence-electron chi connectivity index (χ1n) is 7.89. The number of likely N-dealkylation sites (N-methyl/N-ethyl adjacent to an activating group) is 1.